The van der Waals surface area contributed by atoms with Crippen molar-refractivity contribution in [2.24, 2.45) is 5.14 Å². The fourth-order valence-corrected chi connectivity index (χ4v) is 3.08. The molecule has 0 spiro atoms. The molecule has 25 heavy (non-hydrogen) atoms. The van der Waals surface area contributed by atoms with Crippen molar-refractivity contribution in [1.29, 1.82) is 0 Å². The van der Waals surface area contributed by atoms with Crippen molar-refractivity contribution in [2.75, 3.05) is 0 Å². The van der Waals surface area contributed by atoms with Crippen LogP contribution in [0.5, 0.6) is 0 Å². The van der Waals surface area contributed by atoms with E-state index in [9.17, 15) is 17.2 Å². The van der Waals surface area contributed by atoms with Crippen LogP contribution in [0.1, 0.15) is 11.5 Å². The van der Waals surface area contributed by atoms with Gasteiger partial charge in [0.15, 0.2) is 0 Å². The summed E-state index contributed by atoms with van der Waals surface area (Å²) in [5.41, 5.74) is 1.35. The number of primary sulfonamides is 1. The van der Waals surface area contributed by atoms with E-state index in [0.717, 1.165) is 6.07 Å². The second kappa shape index (κ2) is 6.01. The number of sulfonamides is 1. The highest BCUT2D eigenvalue weighted by molar-refractivity contribution is 7.89. The molecule has 0 radical (unpaired) electrons. The number of pyridine rings is 1. The number of benzene rings is 1. The fraction of sp³-hybridized carbons (Fsp3) is 0.125. The van der Waals surface area contributed by atoms with E-state index in [1.165, 1.54) is 6.92 Å². The van der Waals surface area contributed by atoms with Crippen LogP contribution in [0.15, 0.2) is 39.8 Å². The summed E-state index contributed by atoms with van der Waals surface area (Å²) >= 11 is 0. The Labute approximate surface area is 142 Å². The molecule has 0 aliphatic carbocycles. The lowest BCUT2D eigenvalue weighted by molar-refractivity contribution is 0.400. The largest absolute Gasteiger partial charge is 0.360 e. The summed E-state index contributed by atoms with van der Waals surface area (Å²) in [6, 6.07) is 6.47. The van der Waals surface area contributed by atoms with Crippen LogP contribution in [0.3, 0.4) is 0 Å². The first-order valence-corrected chi connectivity index (χ1v) is 8.65. The average Bonchev–Trinajstić information content (AvgIpc) is 2.90. The molecule has 3 rings (SSSR count). The third kappa shape index (κ3) is 3.15. The Hall–Kier alpha value is -2.65. The van der Waals surface area contributed by atoms with Crippen LogP contribution in [0.4, 0.5) is 8.78 Å². The maximum atomic E-state index is 14.5. The predicted octanol–water partition coefficient (Wildman–Crippen LogP) is 2.95. The lowest BCUT2D eigenvalue weighted by atomic mass is 10.0. The molecule has 9 heteroatoms. The molecule has 2 aromatic heterocycles. The van der Waals surface area contributed by atoms with Gasteiger partial charge in [0.25, 0.3) is 0 Å². The van der Waals surface area contributed by atoms with Gasteiger partial charge >= 0.3 is 0 Å². The minimum Gasteiger partial charge on any atom is -0.360 e. The molecular formula is C16H13F2N3O3S. The lowest BCUT2D eigenvalue weighted by Crippen LogP contribution is -2.14. The van der Waals surface area contributed by atoms with Crippen molar-refractivity contribution >= 4 is 10.0 Å². The van der Waals surface area contributed by atoms with Crippen LogP contribution >= 0.6 is 0 Å². The quantitative estimate of drug-likeness (QED) is 0.769. The topological polar surface area (TPSA) is 99.1 Å². The molecule has 0 saturated heterocycles. The van der Waals surface area contributed by atoms with Crippen molar-refractivity contribution < 1.29 is 21.7 Å². The van der Waals surface area contributed by atoms with Crippen LogP contribution in [-0.2, 0) is 10.0 Å². The molecule has 0 aliphatic heterocycles. The summed E-state index contributed by atoms with van der Waals surface area (Å²) in [6.07, 6.45) is 0. The van der Waals surface area contributed by atoms with Gasteiger partial charge in [-0.2, -0.15) is 0 Å². The Bertz CT molecular complexity index is 1080. The van der Waals surface area contributed by atoms with Crippen molar-refractivity contribution in [3.8, 4) is 22.5 Å². The summed E-state index contributed by atoms with van der Waals surface area (Å²) in [5.74, 6) is -1.90. The molecule has 1 aromatic carbocycles. The van der Waals surface area contributed by atoms with E-state index in [1.54, 1.807) is 25.1 Å². The third-order valence-corrected chi connectivity index (χ3v) is 4.52. The molecule has 0 amide bonds. The van der Waals surface area contributed by atoms with Gasteiger partial charge in [0.1, 0.15) is 28.0 Å². The van der Waals surface area contributed by atoms with E-state index in [1.807, 2.05) is 0 Å². The van der Waals surface area contributed by atoms with Crippen LogP contribution < -0.4 is 5.14 Å². The predicted molar refractivity (Wildman–Crippen MR) is 85.9 cm³/mol. The molecule has 3 aromatic rings. The average molecular weight is 365 g/mol. The van der Waals surface area contributed by atoms with Crippen LogP contribution in [0, 0.1) is 25.5 Å². The summed E-state index contributed by atoms with van der Waals surface area (Å²) in [5, 5.41) is 8.76. The van der Waals surface area contributed by atoms with Crippen LogP contribution in [-0.4, -0.2) is 18.6 Å². The summed E-state index contributed by atoms with van der Waals surface area (Å²) in [4.78, 5) is 3.38. The maximum Gasteiger partial charge on any atom is 0.241 e. The summed E-state index contributed by atoms with van der Waals surface area (Å²) in [6.45, 7) is 3.31. The van der Waals surface area contributed by atoms with Gasteiger partial charge in [0, 0.05) is 11.3 Å². The lowest BCUT2D eigenvalue weighted by Gasteiger charge is -2.08. The Morgan fingerprint density at radius 2 is 1.84 bits per heavy atom. The van der Waals surface area contributed by atoms with E-state index in [2.05, 4.69) is 10.1 Å². The molecular weight excluding hydrogens is 352 g/mol. The van der Waals surface area contributed by atoms with Gasteiger partial charge in [-0.1, -0.05) is 11.2 Å². The van der Waals surface area contributed by atoms with Crippen LogP contribution in [0.2, 0.25) is 0 Å². The van der Waals surface area contributed by atoms with E-state index >= 15 is 0 Å². The van der Waals surface area contributed by atoms with Crippen molar-refractivity contribution in [3.05, 3.63) is 53.4 Å². The molecule has 0 aliphatic rings. The molecule has 0 fully saturated rings. The second-order valence-corrected chi connectivity index (χ2v) is 6.96. The first-order valence-electron chi connectivity index (χ1n) is 7.11. The maximum absolute atomic E-state index is 14.5. The molecule has 2 N–H and O–H groups in total. The Balaban J connectivity index is 2.25. The molecule has 2 heterocycles. The zero-order valence-electron chi connectivity index (χ0n) is 13.2. The third-order valence-electron chi connectivity index (χ3n) is 3.59. The molecule has 0 saturated carbocycles. The standard InChI is InChI=1S/C16H13F2N3O3S/c1-8-4-3-5-13(20-8)16-15(9(2)24-21-16)10-6-12(18)14(7-11(10)17)25(19,22)23/h3-7H,1-2H3,(H2,19,22,23). The number of halogens is 2. The molecule has 6 nitrogen and oxygen atoms in total. The number of nitrogens with two attached hydrogens (primary N) is 1. The van der Waals surface area contributed by atoms with Gasteiger partial charge < -0.3 is 4.52 Å². The van der Waals surface area contributed by atoms with Crippen molar-refractivity contribution in [2.45, 2.75) is 18.7 Å². The van der Waals surface area contributed by atoms with E-state index in [0.29, 0.717) is 17.5 Å². The smallest absolute Gasteiger partial charge is 0.241 e. The first-order chi connectivity index (χ1) is 11.7. The Kier molecular flexibility index (Phi) is 4.13. The SMILES string of the molecule is Cc1cccc(-c2noc(C)c2-c2cc(F)c(S(N)(=O)=O)cc2F)n1. The van der Waals surface area contributed by atoms with Crippen molar-refractivity contribution in [1.82, 2.24) is 10.1 Å². The normalized spacial score (nSPS) is 11.7. The van der Waals surface area contributed by atoms with E-state index < -0.39 is 26.6 Å². The number of aromatic nitrogens is 2. The highest BCUT2D eigenvalue weighted by Gasteiger charge is 2.24. The Morgan fingerprint density at radius 3 is 2.48 bits per heavy atom. The zero-order chi connectivity index (χ0) is 18.4. The summed E-state index contributed by atoms with van der Waals surface area (Å²) in [7, 11) is -4.39. The van der Waals surface area contributed by atoms with Gasteiger partial charge in [0.2, 0.25) is 10.0 Å². The van der Waals surface area contributed by atoms with Gasteiger partial charge in [0.05, 0.1) is 11.3 Å². The monoisotopic (exact) mass is 365 g/mol. The first kappa shape index (κ1) is 17.2. The van der Waals surface area contributed by atoms with E-state index in [4.69, 9.17) is 9.66 Å². The summed E-state index contributed by atoms with van der Waals surface area (Å²) < 4.78 is 56.4. The van der Waals surface area contributed by atoms with Gasteiger partial charge in [-0.05, 0) is 38.1 Å². The number of nitrogens with zero attached hydrogens (tertiary/aromatic N) is 2. The molecule has 0 bridgehead atoms. The van der Waals surface area contributed by atoms with Crippen molar-refractivity contribution in [3.63, 3.8) is 0 Å². The number of aryl methyl sites for hydroxylation is 2. The zero-order valence-corrected chi connectivity index (χ0v) is 14.1. The van der Waals surface area contributed by atoms with Gasteiger partial charge in [-0.25, -0.2) is 22.3 Å². The highest BCUT2D eigenvalue weighted by atomic mass is 32.2. The number of hydrogen-bond acceptors (Lipinski definition) is 5. The fourth-order valence-electron chi connectivity index (χ4n) is 2.48. The molecule has 0 atom stereocenters. The van der Waals surface area contributed by atoms with E-state index in [-0.39, 0.29) is 22.6 Å². The van der Waals surface area contributed by atoms with Gasteiger partial charge in [-0.3, -0.25) is 4.98 Å². The van der Waals surface area contributed by atoms with Crippen LogP contribution in [0.25, 0.3) is 22.5 Å². The Morgan fingerprint density at radius 1 is 1.12 bits per heavy atom. The minimum absolute atomic E-state index is 0.190. The second-order valence-electron chi connectivity index (χ2n) is 5.43. The number of hydrogen-bond donors (Lipinski definition) is 1. The van der Waals surface area contributed by atoms with Gasteiger partial charge in [-0.15, -0.1) is 0 Å². The molecule has 0 unspecified atom stereocenters. The number of rotatable bonds is 3. The minimum atomic E-state index is -4.39. The molecule has 130 valence electrons. The highest BCUT2D eigenvalue weighted by Crippen LogP contribution is 2.36.